The number of hydrogen-bond donors (Lipinski definition) is 2. The smallest absolute Gasteiger partial charge is 0.348 e. The molecule has 2 aromatic heterocycles. The first-order valence-electron chi connectivity index (χ1n) is 8.46. The van der Waals surface area contributed by atoms with Gasteiger partial charge in [-0.25, -0.2) is 4.79 Å². The molecular weight excluding hydrogens is 380 g/mol. The number of benzene rings is 1. The summed E-state index contributed by atoms with van der Waals surface area (Å²) in [6.07, 6.45) is 1.40. The topological polar surface area (TPSA) is 97.6 Å². The summed E-state index contributed by atoms with van der Waals surface area (Å²) in [6.45, 7) is 1.95. The molecule has 8 heteroatoms. The Morgan fingerprint density at radius 1 is 1.07 bits per heavy atom. The van der Waals surface area contributed by atoms with Gasteiger partial charge in [0.1, 0.15) is 4.88 Å². The van der Waals surface area contributed by atoms with E-state index in [-0.39, 0.29) is 23.2 Å². The zero-order valence-corrected chi connectivity index (χ0v) is 15.9. The van der Waals surface area contributed by atoms with Crippen molar-refractivity contribution in [1.82, 2.24) is 5.32 Å². The number of nitrogens with one attached hydrogen (secondary N) is 2. The van der Waals surface area contributed by atoms with Crippen molar-refractivity contribution < 1.29 is 23.5 Å². The van der Waals surface area contributed by atoms with Crippen molar-refractivity contribution in [3.8, 4) is 0 Å². The number of ether oxygens (including phenoxy) is 1. The molecular formula is C20H18N2O5S. The van der Waals surface area contributed by atoms with Crippen molar-refractivity contribution >= 4 is 34.1 Å². The lowest BCUT2D eigenvalue weighted by molar-refractivity contribution is -0.124. The molecule has 3 aromatic rings. The molecule has 0 fully saturated rings. The Hall–Kier alpha value is -3.39. The van der Waals surface area contributed by atoms with Crippen LogP contribution in [0.1, 0.15) is 31.4 Å². The number of furan rings is 1. The SMILES string of the molecule is Cc1ccccc1CNC(=O)COC(=O)c1ccc(NC(=O)c2ccco2)s1. The van der Waals surface area contributed by atoms with Crippen LogP contribution in [-0.4, -0.2) is 24.4 Å². The van der Waals surface area contributed by atoms with Gasteiger partial charge in [0.2, 0.25) is 0 Å². The number of anilines is 1. The molecule has 1 aromatic carbocycles. The molecule has 0 spiro atoms. The highest BCUT2D eigenvalue weighted by molar-refractivity contribution is 7.18. The van der Waals surface area contributed by atoms with Crippen LogP contribution < -0.4 is 10.6 Å². The highest BCUT2D eigenvalue weighted by Gasteiger charge is 2.15. The number of carbonyl (C=O) groups is 3. The van der Waals surface area contributed by atoms with E-state index in [1.165, 1.54) is 18.4 Å². The lowest BCUT2D eigenvalue weighted by Crippen LogP contribution is -2.28. The second kappa shape index (κ2) is 9.01. The molecule has 3 rings (SSSR count). The molecule has 0 bridgehead atoms. The Morgan fingerprint density at radius 3 is 2.64 bits per heavy atom. The predicted octanol–water partition coefficient (Wildman–Crippen LogP) is 3.38. The molecule has 2 amide bonds. The largest absolute Gasteiger partial charge is 0.459 e. The van der Waals surface area contributed by atoms with Crippen LogP contribution in [-0.2, 0) is 16.1 Å². The first-order chi connectivity index (χ1) is 13.5. The average molecular weight is 398 g/mol. The molecule has 0 aliphatic heterocycles. The minimum absolute atomic E-state index is 0.169. The van der Waals surface area contributed by atoms with Crippen LogP contribution in [0.25, 0.3) is 0 Å². The Bertz CT molecular complexity index is 978. The molecule has 0 aliphatic carbocycles. The molecule has 0 aliphatic rings. The van der Waals surface area contributed by atoms with E-state index < -0.39 is 11.9 Å². The van der Waals surface area contributed by atoms with Gasteiger partial charge in [0.15, 0.2) is 12.4 Å². The number of rotatable bonds is 7. The van der Waals surface area contributed by atoms with Crippen molar-refractivity contribution in [2.75, 3.05) is 11.9 Å². The third-order valence-corrected chi connectivity index (χ3v) is 4.84. The molecule has 28 heavy (non-hydrogen) atoms. The van der Waals surface area contributed by atoms with E-state index in [2.05, 4.69) is 10.6 Å². The highest BCUT2D eigenvalue weighted by atomic mass is 32.1. The fourth-order valence-corrected chi connectivity index (χ4v) is 3.15. The van der Waals surface area contributed by atoms with Crippen LogP contribution in [0.4, 0.5) is 5.00 Å². The molecule has 0 saturated heterocycles. The van der Waals surface area contributed by atoms with Gasteiger partial charge in [0, 0.05) is 6.54 Å². The summed E-state index contributed by atoms with van der Waals surface area (Å²) in [5, 5.41) is 5.81. The zero-order chi connectivity index (χ0) is 19.9. The van der Waals surface area contributed by atoms with Gasteiger partial charge in [-0.05, 0) is 42.3 Å². The predicted molar refractivity (Wildman–Crippen MR) is 104 cm³/mol. The third-order valence-electron chi connectivity index (χ3n) is 3.86. The minimum atomic E-state index is -0.630. The van der Waals surface area contributed by atoms with Crippen molar-refractivity contribution in [1.29, 1.82) is 0 Å². The van der Waals surface area contributed by atoms with Gasteiger partial charge < -0.3 is 19.8 Å². The van der Waals surface area contributed by atoms with Crippen molar-refractivity contribution in [3.63, 3.8) is 0 Å². The monoisotopic (exact) mass is 398 g/mol. The summed E-state index contributed by atoms with van der Waals surface area (Å²) >= 11 is 1.05. The summed E-state index contributed by atoms with van der Waals surface area (Å²) in [4.78, 5) is 36.2. The lowest BCUT2D eigenvalue weighted by Gasteiger charge is -2.08. The quantitative estimate of drug-likeness (QED) is 0.595. The van der Waals surface area contributed by atoms with E-state index >= 15 is 0 Å². The van der Waals surface area contributed by atoms with E-state index in [1.54, 1.807) is 12.1 Å². The lowest BCUT2D eigenvalue weighted by atomic mass is 10.1. The highest BCUT2D eigenvalue weighted by Crippen LogP contribution is 2.23. The number of carbonyl (C=O) groups excluding carboxylic acids is 3. The third kappa shape index (κ3) is 5.08. The van der Waals surface area contributed by atoms with Gasteiger partial charge in [-0.1, -0.05) is 24.3 Å². The Balaban J connectivity index is 1.46. The summed E-state index contributed by atoms with van der Waals surface area (Å²) in [5.41, 5.74) is 2.07. The summed E-state index contributed by atoms with van der Waals surface area (Å²) in [6, 6.07) is 14.0. The van der Waals surface area contributed by atoms with Gasteiger partial charge in [0.05, 0.1) is 11.3 Å². The maximum atomic E-state index is 12.1. The van der Waals surface area contributed by atoms with Gasteiger partial charge in [0.25, 0.3) is 11.8 Å². The van der Waals surface area contributed by atoms with Crippen LogP contribution in [0.3, 0.4) is 0 Å². The van der Waals surface area contributed by atoms with Crippen molar-refractivity contribution in [2.45, 2.75) is 13.5 Å². The molecule has 2 heterocycles. The molecule has 144 valence electrons. The van der Waals surface area contributed by atoms with Crippen LogP contribution >= 0.6 is 11.3 Å². The number of amides is 2. The second-order valence-electron chi connectivity index (χ2n) is 5.87. The van der Waals surface area contributed by atoms with Crippen molar-refractivity contribution in [3.05, 3.63) is 76.6 Å². The molecule has 0 saturated carbocycles. The van der Waals surface area contributed by atoms with Gasteiger partial charge >= 0.3 is 5.97 Å². The maximum absolute atomic E-state index is 12.1. The standard InChI is InChI=1S/C20H18N2O5S/c1-13-5-2-3-6-14(13)11-21-17(23)12-27-20(25)16-8-9-18(28-16)22-19(24)15-7-4-10-26-15/h2-10H,11-12H2,1H3,(H,21,23)(H,22,24). The first-order valence-corrected chi connectivity index (χ1v) is 9.27. The van der Waals surface area contributed by atoms with Gasteiger partial charge in [-0.15, -0.1) is 11.3 Å². The van der Waals surface area contributed by atoms with E-state index in [1.807, 2.05) is 31.2 Å². The van der Waals surface area contributed by atoms with E-state index in [9.17, 15) is 14.4 Å². The number of hydrogen-bond acceptors (Lipinski definition) is 6. The molecule has 0 radical (unpaired) electrons. The van der Waals surface area contributed by atoms with E-state index in [0.29, 0.717) is 11.5 Å². The normalized spacial score (nSPS) is 10.3. The van der Waals surface area contributed by atoms with Gasteiger partial charge in [-0.2, -0.15) is 0 Å². The summed E-state index contributed by atoms with van der Waals surface area (Å²) in [7, 11) is 0. The molecule has 0 unspecified atom stereocenters. The van der Waals surface area contributed by atoms with Crippen LogP contribution in [0.5, 0.6) is 0 Å². The van der Waals surface area contributed by atoms with Gasteiger partial charge in [-0.3, -0.25) is 9.59 Å². The van der Waals surface area contributed by atoms with Crippen LogP contribution in [0.2, 0.25) is 0 Å². The number of esters is 1. The summed E-state index contributed by atoms with van der Waals surface area (Å²) in [5.74, 6) is -1.26. The Morgan fingerprint density at radius 2 is 1.89 bits per heavy atom. The average Bonchev–Trinajstić information content (AvgIpc) is 3.37. The molecule has 2 N–H and O–H groups in total. The van der Waals surface area contributed by atoms with E-state index in [4.69, 9.17) is 9.15 Å². The number of aryl methyl sites for hydroxylation is 1. The van der Waals surface area contributed by atoms with Crippen LogP contribution in [0, 0.1) is 6.92 Å². The van der Waals surface area contributed by atoms with Crippen LogP contribution in [0.15, 0.2) is 59.2 Å². The Labute approximate surface area is 165 Å². The maximum Gasteiger partial charge on any atom is 0.348 e. The van der Waals surface area contributed by atoms with E-state index in [0.717, 1.165) is 22.5 Å². The van der Waals surface area contributed by atoms with Crippen molar-refractivity contribution in [2.24, 2.45) is 0 Å². The molecule has 0 atom stereocenters. The fraction of sp³-hybridized carbons (Fsp3) is 0.150. The second-order valence-corrected chi connectivity index (χ2v) is 6.96. The fourth-order valence-electron chi connectivity index (χ4n) is 2.35. The Kier molecular flexibility index (Phi) is 6.23. The molecule has 7 nitrogen and oxygen atoms in total. The zero-order valence-electron chi connectivity index (χ0n) is 15.1. The first kappa shape index (κ1) is 19.4. The summed E-state index contributed by atoms with van der Waals surface area (Å²) < 4.78 is 10.0. The number of thiophene rings is 1. The minimum Gasteiger partial charge on any atom is -0.459 e.